The molecule has 1 amide bonds. The second-order valence-electron chi connectivity index (χ2n) is 8.57. The molecular weight excluding hydrogens is 402 g/mol. The lowest BCUT2D eigenvalue weighted by Crippen LogP contribution is -2.49. The summed E-state index contributed by atoms with van der Waals surface area (Å²) >= 11 is 0. The van der Waals surface area contributed by atoms with E-state index in [4.69, 9.17) is 0 Å². The third-order valence-electron chi connectivity index (χ3n) is 4.70. The molecule has 2 aromatic rings. The summed E-state index contributed by atoms with van der Waals surface area (Å²) in [6.07, 6.45) is 0. The van der Waals surface area contributed by atoms with Gasteiger partial charge in [-0.05, 0) is 58.9 Å². The minimum atomic E-state index is -3.62. The van der Waals surface area contributed by atoms with E-state index in [0.29, 0.717) is 31.7 Å². The van der Waals surface area contributed by atoms with Crippen molar-refractivity contribution < 1.29 is 13.2 Å². The van der Waals surface area contributed by atoms with E-state index in [9.17, 15) is 13.2 Å². The molecule has 8 nitrogen and oxygen atoms in total. The second-order valence-corrected chi connectivity index (χ2v) is 10.3. The van der Waals surface area contributed by atoms with Gasteiger partial charge in [-0.15, -0.1) is 0 Å². The SMILES string of the molecule is Cc1cc(N2CCN(C(=O)c3ccc(S(=O)(=O)NC(C)(C)C)cc3)CC2)nc(C)n1. The Bertz CT molecular complexity index is 1000. The predicted molar refractivity (Wildman–Crippen MR) is 116 cm³/mol. The summed E-state index contributed by atoms with van der Waals surface area (Å²) in [6.45, 7) is 11.7. The van der Waals surface area contributed by atoms with Crippen LogP contribution in [-0.4, -0.2) is 60.9 Å². The third kappa shape index (κ3) is 5.34. The van der Waals surface area contributed by atoms with Gasteiger partial charge in [-0.25, -0.2) is 23.1 Å². The molecule has 1 N–H and O–H groups in total. The lowest BCUT2D eigenvalue weighted by atomic mass is 10.1. The van der Waals surface area contributed by atoms with Gasteiger partial charge < -0.3 is 9.80 Å². The Balaban J connectivity index is 1.65. The van der Waals surface area contributed by atoms with Gasteiger partial charge in [0.1, 0.15) is 11.6 Å². The maximum atomic E-state index is 12.9. The highest BCUT2D eigenvalue weighted by molar-refractivity contribution is 7.89. The molecule has 3 rings (SSSR count). The van der Waals surface area contributed by atoms with Crippen molar-refractivity contribution in [1.29, 1.82) is 0 Å². The van der Waals surface area contributed by atoms with Crippen LogP contribution in [0.15, 0.2) is 35.2 Å². The number of nitrogens with one attached hydrogen (secondary N) is 1. The molecule has 0 aliphatic carbocycles. The number of rotatable bonds is 4. The zero-order valence-corrected chi connectivity index (χ0v) is 19.0. The Kier molecular flexibility index (Phi) is 6.14. The first-order valence-electron chi connectivity index (χ1n) is 9.95. The minimum Gasteiger partial charge on any atom is -0.353 e. The number of carbonyl (C=O) groups is 1. The Morgan fingerprint density at radius 2 is 1.60 bits per heavy atom. The predicted octanol–water partition coefficient (Wildman–Crippen LogP) is 2.13. The van der Waals surface area contributed by atoms with Crippen LogP contribution in [0, 0.1) is 13.8 Å². The molecule has 2 heterocycles. The van der Waals surface area contributed by atoms with Crippen molar-refractivity contribution in [3.63, 3.8) is 0 Å². The molecule has 0 radical (unpaired) electrons. The van der Waals surface area contributed by atoms with Gasteiger partial charge in [-0.1, -0.05) is 0 Å². The fourth-order valence-electron chi connectivity index (χ4n) is 3.42. The van der Waals surface area contributed by atoms with Crippen LogP contribution in [0.5, 0.6) is 0 Å². The maximum Gasteiger partial charge on any atom is 0.253 e. The highest BCUT2D eigenvalue weighted by atomic mass is 32.2. The van der Waals surface area contributed by atoms with Crippen molar-refractivity contribution in [3.05, 3.63) is 47.4 Å². The molecule has 1 aliphatic heterocycles. The molecule has 1 aromatic carbocycles. The van der Waals surface area contributed by atoms with Crippen LogP contribution in [0.4, 0.5) is 5.82 Å². The topological polar surface area (TPSA) is 95.5 Å². The van der Waals surface area contributed by atoms with Crippen molar-refractivity contribution >= 4 is 21.7 Å². The fourth-order valence-corrected chi connectivity index (χ4v) is 4.84. The standard InChI is InChI=1S/C21H29N5O3S/c1-15-14-19(23-16(2)22-15)25-10-12-26(13-11-25)20(27)17-6-8-18(9-7-17)30(28,29)24-21(3,4)5/h6-9,14,24H,10-13H2,1-5H3. The number of aromatic nitrogens is 2. The first kappa shape index (κ1) is 22.2. The Morgan fingerprint density at radius 3 is 2.13 bits per heavy atom. The largest absolute Gasteiger partial charge is 0.353 e. The molecule has 1 aromatic heterocycles. The Hall–Kier alpha value is -2.52. The lowest BCUT2D eigenvalue weighted by Gasteiger charge is -2.35. The summed E-state index contributed by atoms with van der Waals surface area (Å²) < 4.78 is 27.5. The number of hydrogen-bond acceptors (Lipinski definition) is 6. The molecule has 0 saturated carbocycles. The molecule has 0 spiro atoms. The van der Waals surface area contributed by atoms with Crippen molar-refractivity contribution in [1.82, 2.24) is 19.6 Å². The highest BCUT2D eigenvalue weighted by Gasteiger charge is 2.25. The van der Waals surface area contributed by atoms with Gasteiger partial charge in [0.15, 0.2) is 0 Å². The Labute approximate surface area is 178 Å². The summed E-state index contributed by atoms with van der Waals surface area (Å²) in [5, 5.41) is 0. The molecule has 1 saturated heterocycles. The van der Waals surface area contributed by atoms with Gasteiger partial charge >= 0.3 is 0 Å². The number of aryl methyl sites for hydroxylation is 2. The third-order valence-corrected chi connectivity index (χ3v) is 6.47. The maximum absolute atomic E-state index is 12.9. The van der Waals surface area contributed by atoms with Crippen LogP contribution in [-0.2, 0) is 10.0 Å². The van der Waals surface area contributed by atoms with E-state index in [2.05, 4.69) is 19.6 Å². The highest BCUT2D eigenvalue weighted by Crippen LogP contribution is 2.18. The first-order valence-corrected chi connectivity index (χ1v) is 11.4. The number of anilines is 1. The summed E-state index contributed by atoms with van der Waals surface area (Å²) in [6, 6.07) is 8.05. The van der Waals surface area contributed by atoms with Crippen molar-refractivity contribution in [2.24, 2.45) is 0 Å². The number of hydrogen-bond donors (Lipinski definition) is 1. The molecule has 30 heavy (non-hydrogen) atoms. The van der Waals surface area contributed by atoms with Crippen LogP contribution in [0.25, 0.3) is 0 Å². The summed E-state index contributed by atoms with van der Waals surface area (Å²) in [7, 11) is -3.62. The summed E-state index contributed by atoms with van der Waals surface area (Å²) in [5.41, 5.74) is 0.826. The normalized spacial score (nSPS) is 15.4. The van der Waals surface area contributed by atoms with Crippen LogP contribution in [0.1, 0.15) is 42.6 Å². The van der Waals surface area contributed by atoms with Gasteiger partial charge in [0.25, 0.3) is 5.91 Å². The van der Waals surface area contributed by atoms with Crippen LogP contribution < -0.4 is 9.62 Å². The lowest BCUT2D eigenvalue weighted by molar-refractivity contribution is 0.0746. The van der Waals surface area contributed by atoms with Crippen LogP contribution in [0.2, 0.25) is 0 Å². The van der Waals surface area contributed by atoms with Crippen molar-refractivity contribution in [3.8, 4) is 0 Å². The minimum absolute atomic E-state index is 0.0996. The van der Waals surface area contributed by atoms with Gasteiger partial charge in [0.05, 0.1) is 4.90 Å². The van der Waals surface area contributed by atoms with E-state index < -0.39 is 15.6 Å². The van der Waals surface area contributed by atoms with E-state index in [0.717, 1.165) is 17.3 Å². The molecule has 162 valence electrons. The van der Waals surface area contributed by atoms with Crippen LogP contribution in [0.3, 0.4) is 0 Å². The quantitative estimate of drug-likeness (QED) is 0.797. The number of carbonyl (C=O) groups excluding carboxylic acids is 1. The molecule has 1 aliphatic rings. The second kappa shape index (κ2) is 8.31. The number of sulfonamides is 1. The van der Waals surface area contributed by atoms with E-state index in [-0.39, 0.29) is 10.8 Å². The zero-order chi connectivity index (χ0) is 22.1. The summed E-state index contributed by atoms with van der Waals surface area (Å²) in [5.74, 6) is 1.52. The Morgan fingerprint density at radius 1 is 1.00 bits per heavy atom. The molecule has 1 fully saturated rings. The van der Waals surface area contributed by atoms with Crippen molar-refractivity contribution in [2.45, 2.75) is 45.1 Å². The number of piperazine rings is 1. The van der Waals surface area contributed by atoms with Crippen LogP contribution >= 0.6 is 0 Å². The number of benzene rings is 1. The molecule has 9 heteroatoms. The van der Waals surface area contributed by atoms with E-state index in [1.807, 2.05) is 19.9 Å². The number of amides is 1. The first-order chi connectivity index (χ1) is 13.9. The molecule has 0 bridgehead atoms. The fraction of sp³-hybridized carbons (Fsp3) is 0.476. The van der Waals surface area contributed by atoms with E-state index in [1.54, 1.807) is 37.8 Å². The zero-order valence-electron chi connectivity index (χ0n) is 18.1. The summed E-state index contributed by atoms with van der Waals surface area (Å²) in [4.78, 5) is 25.7. The number of nitrogens with zero attached hydrogens (tertiary/aromatic N) is 4. The van der Waals surface area contributed by atoms with E-state index >= 15 is 0 Å². The molecule has 0 unspecified atom stereocenters. The molecular formula is C21H29N5O3S. The molecule has 0 atom stereocenters. The average molecular weight is 432 g/mol. The van der Waals surface area contributed by atoms with Gasteiger partial charge in [-0.2, -0.15) is 0 Å². The van der Waals surface area contributed by atoms with Gasteiger partial charge in [0.2, 0.25) is 10.0 Å². The smallest absolute Gasteiger partial charge is 0.253 e. The van der Waals surface area contributed by atoms with Gasteiger partial charge in [0, 0.05) is 49.0 Å². The average Bonchev–Trinajstić information content (AvgIpc) is 2.65. The van der Waals surface area contributed by atoms with E-state index in [1.165, 1.54) is 12.1 Å². The van der Waals surface area contributed by atoms with Gasteiger partial charge in [-0.3, -0.25) is 4.79 Å². The van der Waals surface area contributed by atoms with Crippen molar-refractivity contribution in [2.75, 3.05) is 31.1 Å². The monoisotopic (exact) mass is 431 g/mol.